The number of ketones is 1. The second kappa shape index (κ2) is 5.70. The van der Waals surface area contributed by atoms with Gasteiger partial charge in [0.05, 0.1) is 11.1 Å². The van der Waals surface area contributed by atoms with Crippen molar-refractivity contribution in [2.45, 2.75) is 44.1 Å². The minimum atomic E-state index is -0.409. The summed E-state index contributed by atoms with van der Waals surface area (Å²) < 4.78 is 0. The third-order valence-corrected chi connectivity index (χ3v) is 4.29. The third kappa shape index (κ3) is 2.63. The first kappa shape index (κ1) is 14.0. The van der Waals surface area contributed by atoms with Crippen LogP contribution in [0.2, 0.25) is 0 Å². The van der Waals surface area contributed by atoms with Gasteiger partial charge in [-0.2, -0.15) is 0 Å². The van der Waals surface area contributed by atoms with Crippen LogP contribution in [0, 0.1) is 0 Å². The lowest BCUT2D eigenvalue weighted by atomic mass is 9.81. The summed E-state index contributed by atoms with van der Waals surface area (Å²) in [5, 5.41) is 0. The van der Waals surface area contributed by atoms with Crippen LogP contribution in [-0.2, 0) is 0 Å². The zero-order chi connectivity index (χ0) is 13.9. The van der Waals surface area contributed by atoms with E-state index in [9.17, 15) is 4.79 Å². The van der Waals surface area contributed by atoms with Crippen LogP contribution in [0.15, 0.2) is 18.3 Å². The van der Waals surface area contributed by atoms with Gasteiger partial charge in [0.1, 0.15) is 5.82 Å². The molecular weight excluding hydrogens is 238 g/mol. The van der Waals surface area contributed by atoms with Gasteiger partial charge in [-0.3, -0.25) is 9.69 Å². The summed E-state index contributed by atoms with van der Waals surface area (Å²) in [6.07, 6.45) is 8.08. The number of hydrogen-bond acceptors (Lipinski definition) is 4. The van der Waals surface area contributed by atoms with E-state index in [1.54, 1.807) is 18.3 Å². The normalized spacial score (nSPS) is 19.1. The summed E-state index contributed by atoms with van der Waals surface area (Å²) >= 11 is 0. The number of aromatic nitrogens is 1. The Labute approximate surface area is 115 Å². The maximum Gasteiger partial charge on any atom is 0.186 e. The highest BCUT2D eigenvalue weighted by atomic mass is 16.1. The fourth-order valence-electron chi connectivity index (χ4n) is 3.05. The SMILES string of the molecule is CN(C)C1(C(=O)c2cccnc2N)CCCCCC1. The number of likely N-dealkylation sites (N-methyl/N-ethyl adjacent to an activating group) is 1. The van der Waals surface area contributed by atoms with Gasteiger partial charge in [0.2, 0.25) is 0 Å². The van der Waals surface area contributed by atoms with Crippen LogP contribution in [-0.4, -0.2) is 35.3 Å². The molecule has 0 saturated heterocycles. The van der Waals surface area contributed by atoms with Gasteiger partial charge in [0.25, 0.3) is 0 Å². The first-order valence-corrected chi connectivity index (χ1v) is 7.01. The van der Waals surface area contributed by atoms with Crippen LogP contribution in [0.25, 0.3) is 0 Å². The number of carbonyl (C=O) groups is 1. The molecule has 0 aliphatic heterocycles. The van der Waals surface area contributed by atoms with Gasteiger partial charge >= 0.3 is 0 Å². The van der Waals surface area contributed by atoms with Gasteiger partial charge in [-0.25, -0.2) is 4.98 Å². The van der Waals surface area contributed by atoms with Crippen LogP contribution in [0.5, 0.6) is 0 Å². The summed E-state index contributed by atoms with van der Waals surface area (Å²) in [7, 11) is 3.99. The highest BCUT2D eigenvalue weighted by Gasteiger charge is 2.41. The molecule has 2 rings (SSSR count). The highest BCUT2D eigenvalue weighted by Crippen LogP contribution is 2.34. The Morgan fingerprint density at radius 1 is 1.26 bits per heavy atom. The molecule has 1 fully saturated rings. The Bertz CT molecular complexity index is 448. The lowest BCUT2D eigenvalue weighted by Crippen LogP contribution is -2.51. The molecule has 0 aromatic carbocycles. The van der Waals surface area contributed by atoms with E-state index in [1.807, 2.05) is 14.1 Å². The number of carbonyl (C=O) groups excluding carboxylic acids is 1. The van der Waals surface area contributed by atoms with Crippen molar-refractivity contribution in [1.82, 2.24) is 9.88 Å². The van der Waals surface area contributed by atoms with Gasteiger partial charge in [0.15, 0.2) is 5.78 Å². The first-order valence-electron chi connectivity index (χ1n) is 7.01. The van der Waals surface area contributed by atoms with Crippen molar-refractivity contribution in [2.24, 2.45) is 0 Å². The average molecular weight is 261 g/mol. The molecule has 1 aromatic heterocycles. The fourth-order valence-corrected chi connectivity index (χ4v) is 3.05. The molecule has 4 heteroatoms. The van der Waals surface area contributed by atoms with Crippen molar-refractivity contribution in [3.8, 4) is 0 Å². The van der Waals surface area contributed by atoms with Crippen LogP contribution in [0.3, 0.4) is 0 Å². The van der Waals surface area contributed by atoms with Crippen molar-refractivity contribution < 1.29 is 4.79 Å². The van der Waals surface area contributed by atoms with Gasteiger partial charge < -0.3 is 5.73 Å². The van der Waals surface area contributed by atoms with E-state index >= 15 is 0 Å². The number of hydrogen-bond donors (Lipinski definition) is 1. The molecule has 0 spiro atoms. The van der Waals surface area contributed by atoms with E-state index in [4.69, 9.17) is 5.73 Å². The zero-order valence-corrected chi connectivity index (χ0v) is 11.9. The molecule has 19 heavy (non-hydrogen) atoms. The maximum absolute atomic E-state index is 13.0. The smallest absolute Gasteiger partial charge is 0.186 e. The number of nitrogens with zero attached hydrogens (tertiary/aromatic N) is 2. The summed E-state index contributed by atoms with van der Waals surface area (Å²) in [6.45, 7) is 0. The molecule has 0 amide bonds. The van der Waals surface area contributed by atoms with Crippen molar-refractivity contribution in [3.63, 3.8) is 0 Å². The minimum Gasteiger partial charge on any atom is -0.383 e. The zero-order valence-electron chi connectivity index (χ0n) is 11.9. The Morgan fingerprint density at radius 3 is 2.42 bits per heavy atom. The van der Waals surface area contributed by atoms with Gasteiger partial charge in [-0.05, 0) is 39.1 Å². The largest absolute Gasteiger partial charge is 0.383 e. The van der Waals surface area contributed by atoms with E-state index in [0.29, 0.717) is 11.4 Å². The summed E-state index contributed by atoms with van der Waals surface area (Å²) in [5.74, 6) is 0.475. The second-order valence-corrected chi connectivity index (χ2v) is 5.61. The molecule has 4 nitrogen and oxygen atoms in total. The van der Waals surface area contributed by atoms with E-state index in [-0.39, 0.29) is 5.78 Å². The molecule has 1 aromatic rings. The number of Topliss-reactive ketones (excluding diaryl/α,β-unsaturated/α-hetero) is 1. The molecule has 0 radical (unpaired) electrons. The minimum absolute atomic E-state index is 0.130. The number of anilines is 1. The van der Waals surface area contributed by atoms with Gasteiger partial charge in [-0.1, -0.05) is 25.7 Å². The Hall–Kier alpha value is -1.42. The monoisotopic (exact) mass is 261 g/mol. The van der Waals surface area contributed by atoms with Crippen LogP contribution in [0.1, 0.15) is 48.9 Å². The van der Waals surface area contributed by atoms with Crippen LogP contribution < -0.4 is 5.73 Å². The quantitative estimate of drug-likeness (QED) is 0.671. The van der Waals surface area contributed by atoms with E-state index < -0.39 is 5.54 Å². The number of nitrogen functional groups attached to an aromatic ring is 1. The molecule has 1 aliphatic rings. The molecule has 2 N–H and O–H groups in total. The second-order valence-electron chi connectivity index (χ2n) is 5.61. The van der Waals surface area contributed by atoms with Gasteiger partial charge in [0, 0.05) is 6.20 Å². The number of pyridine rings is 1. The molecule has 1 aliphatic carbocycles. The molecule has 1 saturated carbocycles. The first-order chi connectivity index (χ1) is 9.08. The molecule has 1 heterocycles. The summed E-state index contributed by atoms with van der Waals surface area (Å²) in [4.78, 5) is 19.1. The average Bonchev–Trinajstić information content (AvgIpc) is 2.65. The molecule has 104 valence electrons. The van der Waals surface area contributed by atoms with Crippen molar-refractivity contribution in [3.05, 3.63) is 23.9 Å². The number of nitrogens with two attached hydrogens (primary N) is 1. The lowest BCUT2D eigenvalue weighted by molar-refractivity contribution is 0.0636. The Morgan fingerprint density at radius 2 is 1.89 bits per heavy atom. The standard InChI is InChI=1S/C15H23N3O/c1-18(2)15(9-5-3-4-6-10-15)13(19)12-8-7-11-17-14(12)16/h7-8,11H,3-6,9-10H2,1-2H3,(H2,16,17). The summed E-state index contributed by atoms with van der Waals surface area (Å²) in [5.41, 5.74) is 6.03. The van der Waals surface area contributed by atoms with Gasteiger partial charge in [-0.15, -0.1) is 0 Å². The van der Waals surface area contributed by atoms with E-state index in [1.165, 1.54) is 12.8 Å². The maximum atomic E-state index is 13.0. The lowest BCUT2D eigenvalue weighted by Gasteiger charge is -2.38. The molecule has 0 bridgehead atoms. The Balaban J connectivity index is 2.39. The Kier molecular flexibility index (Phi) is 4.20. The highest BCUT2D eigenvalue weighted by molar-refractivity contribution is 6.06. The fraction of sp³-hybridized carbons (Fsp3) is 0.600. The molecule has 0 unspecified atom stereocenters. The summed E-state index contributed by atoms with van der Waals surface area (Å²) in [6, 6.07) is 3.57. The van der Waals surface area contributed by atoms with Crippen molar-refractivity contribution in [2.75, 3.05) is 19.8 Å². The van der Waals surface area contributed by atoms with Crippen molar-refractivity contribution in [1.29, 1.82) is 0 Å². The van der Waals surface area contributed by atoms with Crippen molar-refractivity contribution >= 4 is 11.6 Å². The third-order valence-electron chi connectivity index (χ3n) is 4.29. The number of rotatable bonds is 3. The predicted molar refractivity (Wildman–Crippen MR) is 77.1 cm³/mol. The van der Waals surface area contributed by atoms with E-state index in [0.717, 1.165) is 25.7 Å². The molecule has 0 atom stereocenters. The van der Waals surface area contributed by atoms with Crippen LogP contribution >= 0.6 is 0 Å². The predicted octanol–water partition coefficient (Wildman–Crippen LogP) is 2.50. The molecular formula is C15H23N3O. The topological polar surface area (TPSA) is 59.2 Å². The van der Waals surface area contributed by atoms with E-state index in [2.05, 4.69) is 9.88 Å². The van der Waals surface area contributed by atoms with Crippen LogP contribution in [0.4, 0.5) is 5.82 Å².